The van der Waals surface area contributed by atoms with Crippen LogP contribution in [0.3, 0.4) is 0 Å². The number of nitrogens with one attached hydrogen (secondary N) is 1. The minimum Gasteiger partial charge on any atom is -0.321 e. The van der Waals surface area contributed by atoms with Crippen molar-refractivity contribution in [2.24, 2.45) is 0 Å². The van der Waals surface area contributed by atoms with Crippen molar-refractivity contribution >= 4 is 39.9 Å². The smallest absolute Gasteiger partial charge is 0.272 e. The number of rotatable bonds is 3. The first kappa shape index (κ1) is 15.4. The van der Waals surface area contributed by atoms with Crippen molar-refractivity contribution in [1.29, 1.82) is 0 Å². The van der Waals surface area contributed by atoms with Gasteiger partial charge in [0.15, 0.2) is 0 Å². The Morgan fingerprint density at radius 1 is 1.29 bits per heavy atom. The zero-order valence-corrected chi connectivity index (χ0v) is 13.0. The molecule has 0 aliphatic rings. The van der Waals surface area contributed by atoms with E-state index < -0.39 is 10.8 Å². The molecule has 21 heavy (non-hydrogen) atoms. The summed E-state index contributed by atoms with van der Waals surface area (Å²) < 4.78 is 13.6. The summed E-state index contributed by atoms with van der Waals surface area (Å²) in [7, 11) is 0. The second kappa shape index (κ2) is 6.17. The number of nitrogens with zero attached hydrogens (tertiary/aromatic N) is 1. The molecule has 0 fully saturated rings. The van der Waals surface area contributed by atoms with Gasteiger partial charge in [-0.2, -0.15) is 0 Å². The molecule has 2 aromatic rings. The Hall–Kier alpha value is -2.03. The Kier molecular flexibility index (Phi) is 4.51. The zero-order chi connectivity index (χ0) is 15.6. The molecule has 1 N–H and O–H groups in total. The van der Waals surface area contributed by atoms with Gasteiger partial charge in [0.05, 0.1) is 10.6 Å². The van der Waals surface area contributed by atoms with E-state index >= 15 is 0 Å². The third kappa shape index (κ3) is 3.54. The van der Waals surface area contributed by atoms with Crippen LogP contribution in [-0.2, 0) is 0 Å². The fourth-order valence-corrected chi connectivity index (χ4v) is 2.40. The monoisotopic (exact) mass is 400 g/mol. The van der Waals surface area contributed by atoms with Crippen LogP contribution in [0.1, 0.15) is 15.9 Å². The first-order chi connectivity index (χ1) is 9.88. The lowest BCUT2D eigenvalue weighted by Crippen LogP contribution is -2.13. The van der Waals surface area contributed by atoms with Gasteiger partial charge in [-0.25, -0.2) is 4.39 Å². The van der Waals surface area contributed by atoms with E-state index in [0.717, 1.165) is 0 Å². The summed E-state index contributed by atoms with van der Waals surface area (Å²) in [6.07, 6.45) is 0. The van der Waals surface area contributed by atoms with Gasteiger partial charge in [-0.05, 0) is 59.8 Å². The highest BCUT2D eigenvalue weighted by molar-refractivity contribution is 14.1. The van der Waals surface area contributed by atoms with Crippen LogP contribution >= 0.6 is 22.6 Å². The highest BCUT2D eigenvalue weighted by atomic mass is 127. The topological polar surface area (TPSA) is 72.2 Å². The van der Waals surface area contributed by atoms with Gasteiger partial charge in [0.1, 0.15) is 5.82 Å². The number of benzene rings is 2. The molecule has 0 bridgehead atoms. The third-order valence-electron chi connectivity index (χ3n) is 2.84. The molecule has 2 aromatic carbocycles. The maximum Gasteiger partial charge on any atom is 0.272 e. The van der Waals surface area contributed by atoms with E-state index in [4.69, 9.17) is 0 Å². The average Bonchev–Trinajstić information content (AvgIpc) is 2.41. The van der Waals surface area contributed by atoms with E-state index in [9.17, 15) is 19.3 Å². The maximum atomic E-state index is 13.0. The number of nitro groups is 1. The summed E-state index contributed by atoms with van der Waals surface area (Å²) in [5.74, 6) is -0.791. The molecule has 108 valence electrons. The zero-order valence-electron chi connectivity index (χ0n) is 10.9. The number of nitro benzene ring substituents is 1. The number of anilines is 1. The molecule has 0 spiro atoms. The number of hydrogen-bond donors (Lipinski definition) is 1. The summed E-state index contributed by atoms with van der Waals surface area (Å²) in [6, 6.07) is 8.14. The quantitative estimate of drug-likeness (QED) is 0.483. The van der Waals surface area contributed by atoms with Crippen molar-refractivity contribution in [2.75, 3.05) is 5.32 Å². The summed E-state index contributed by atoms with van der Waals surface area (Å²) in [4.78, 5) is 22.3. The maximum absolute atomic E-state index is 13.0. The molecule has 0 heterocycles. The van der Waals surface area contributed by atoms with Crippen LogP contribution in [0.5, 0.6) is 0 Å². The molecule has 0 aliphatic heterocycles. The first-order valence-corrected chi connectivity index (χ1v) is 6.98. The fourth-order valence-electron chi connectivity index (χ4n) is 1.79. The Morgan fingerprint density at radius 2 is 2.00 bits per heavy atom. The second-order valence-corrected chi connectivity index (χ2v) is 5.50. The SMILES string of the molecule is Cc1cc(C(=O)Nc2ccc(F)cc2I)ccc1[N+](=O)[O-]. The average molecular weight is 400 g/mol. The number of amides is 1. The predicted molar refractivity (Wildman–Crippen MR) is 84.9 cm³/mol. The molecule has 0 aromatic heterocycles. The van der Waals surface area contributed by atoms with Gasteiger partial charge in [0, 0.05) is 20.8 Å². The van der Waals surface area contributed by atoms with Crippen LogP contribution in [-0.4, -0.2) is 10.8 Å². The molecule has 0 saturated carbocycles. The van der Waals surface area contributed by atoms with Crippen molar-refractivity contribution in [3.63, 3.8) is 0 Å². The number of halogens is 2. The van der Waals surface area contributed by atoms with Crippen molar-refractivity contribution in [3.05, 3.63) is 67.0 Å². The molecule has 7 heteroatoms. The van der Waals surface area contributed by atoms with Crippen LogP contribution in [0.4, 0.5) is 15.8 Å². The number of carbonyl (C=O) groups is 1. The van der Waals surface area contributed by atoms with Crippen LogP contribution in [0, 0.1) is 26.4 Å². The Morgan fingerprint density at radius 3 is 2.57 bits per heavy atom. The Bertz CT molecular complexity index is 734. The van der Waals surface area contributed by atoms with Gasteiger partial charge in [-0.15, -0.1) is 0 Å². The van der Waals surface area contributed by atoms with E-state index in [1.807, 2.05) is 22.6 Å². The van der Waals surface area contributed by atoms with Crippen molar-refractivity contribution < 1.29 is 14.1 Å². The van der Waals surface area contributed by atoms with Crippen LogP contribution < -0.4 is 5.32 Å². The second-order valence-electron chi connectivity index (χ2n) is 4.34. The molecular formula is C14H10FIN2O3. The van der Waals surface area contributed by atoms with Crippen molar-refractivity contribution in [1.82, 2.24) is 0 Å². The molecule has 0 atom stereocenters. The van der Waals surface area contributed by atoms with Gasteiger partial charge < -0.3 is 5.32 Å². The molecule has 1 amide bonds. The van der Waals surface area contributed by atoms with Crippen LogP contribution in [0.25, 0.3) is 0 Å². The molecule has 5 nitrogen and oxygen atoms in total. The largest absolute Gasteiger partial charge is 0.321 e. The summed E-state index contributed by atoms with van der Waals surface area (Å²) in [5, 5.41) is 13.4. The lowest BCUT2D eigenvalue weighted by atomic mass is 10.1. The highest BCUT2D eigenvalue weighted by Crippen LogP contribution is 2.22. The van der Waals surface area contributed by atoms with Gasteiger partial charge in [-0.3, -0.25) is 14.9 Å². The van der Waals surface area contributed by atoms with Crippen LogP contribution in [0.2, 0.25) is 0 Å². The summed E-state index contributed by atoms with van der Waals surface area (Å²) in [6.45, 7) is 1.57. The van der Waals surface area contributed by atoms with E-state index in [0.29, 0.717) is 20.4 Å². The van der Waals surface area contributed by atoms with Crippen molar-refractivity contribution in [2.45, 2.75) is 6.92 Å². The summed E-state index contributed by atoms with van der Waals surface area (Å²) >= 11 is 1.92. The standard InChI is InChI=1S/C14H10FIN2O3/c1-8-6-9(2-5-13(8)18(20)21)14(19)17-12-4-3-10(15)7-11(12)16/h2-7H,1H3,(H,17,19). The first-order valence-electron chi connectivity index (χ1n) is 5.90. The molecule has 0 unspecified atom stereocenters. The number of aryl methyl sites for hydroxylation is 1. The van der Waals surface area contributed by atoms with Crippen molar-refractivity contribution in [3.8, 4) is 0 Å². The lowest BCUT2D eigenvalue weighted by Gasteiger charge is -2.08. The molecule has 0 radical (unpaired) electrons. The van der Waals surface area contributed by atoms with E-state index in [1.54, 1.807) is 6.92 Å². The van der Waals surface area contributed by atoms with Gasteiger partial charge in [-0.1, -0.05) is 0 Å². The van der Waals surface area contributed by atoms with E-state index in [1.165, 1.54) is 36.4 Å². The Labute approximate surface area is 133 Å². The van der Waals surface area contributed by atoms with Crippen LogP contribution in [0.15, 0.2) is 36.4 Å². The molecule has 0 aliphatic carbocycles. The number of hydrogen-bond acceptors (Lipinski definition) is 3. The highest BCUT2D eigenvalue weighted by Gasteiger charge is 2.14. The van der Waals surface area contributed by atoms with Gasteiger partial charge >= 0.3 is 0 Å². The third-order valence-corrected chi connectivity index (χ3v) is 3.73. The van der Waals surface area contributed by atoms with E-state index in [-0.39, 0.29) is 11.5 Å². The molecule has 0 saturated heterocycles. The Balaban J connectivity index is 2.24. The lowest BCUT2D eigenvalue weighted by molar-refractivity contribution is -0.385. The molecule has 2 rings (SSSR count). The van der Waals surface area contributed by atoms with Gasteiger partial charge in [0.2, 0.25) is 0 Å². The normalized spacial score (nSPS) is 10.2. The fraction of sp³-hybridized carbons (Fsp3) is 0.0714. The number of carbonyl (C=O) groups excluding carboxylic acids is 1. The minimum absolute atomic E-state index is 0.0390. The minimum atomic E-state index is -0.500. The summed E-state index contributed by atoms with van der Waals surface area (Å²) in [5.41, 5.74) is 1.15. The van der Waals surface area contributed by atoms with Gasteiger partial charge in [0.25, 0.3) is 11.6 Å². The van der Waals surface area contributed by atoms with E-state index in [2.05, 4.69) is 5.32 Å². The predicted octanol–water partition coefficient (Wildman–Crippen LogP) is 3.90. The molecular weight excluding hydrogens is 390 g/mol.